The van der Waals surface area contributed by atoms with Crippen LogP contribution in [0.5, 0.6) is 0 Å². The minimum atomic E-state index is -4.24. The second-order valence-electron chi connectivity index (χ2n) is 3.23. The third-order valence-corrected chi connectivity index (χ3v) is 2.60. The molecule has 1 amide bonds. The normalized spacial score (nSPS) is 14.9. The summed E-state index contributed by atoms with van der Waals surface area (Å²) in [5.41, 5.74) is 1.23. The topological polar surface area (TPSA) is 55.1 Å². The van der Waals surface area contributed by atoms with Crippen molar-refractivity contribution in [1.29, 1.82) is 0 Å². The number of nitrogens with one attached hydrogen (secondary N) is 1. The van der Waals surface area contributed by atoms with E-state index in [1.54, 1.807) is 13.8 Å². The number of amides is 1. The highest BCUT2D eigenvalue weighted by atomic mass is 35.5. The molecule has 0 aromatic rings. The lowest BCUT2D eigenvalue weighted by atomic mass is 10.0. The molecule has 0 saturated heterocycles. The summed E-state index contributed by atoms with van der Waals surface area (Å²) in [6.45, 7) is 3.31. The Morgan fingerprint density at radius 1 is 1.44 bits per heavy atom. The van der Waals surface area contributed by atoms with Crippen molar-refractivity contribution in [2.24, 2.45) is 11.7 Å². The minimum absolute atomic E-state index is 0. The Morgan fingerprint density at radius 2 is 1.94 bits per heavy atom. The molecular formula is C8H16ClF3N2OS. The predicted octanol–water partition coefficient (Wildman–Crippen LogP) is 1.76. The van der Waals surface area contributed by atoms with Crippen molar-refractivity contribution < 1.29 is 18.0 Å². The molecule has 0 aromatic heterocycles. The van der Waals surface area contributed by atoms with Gasteiger partial charge in [0.1, 0.15) is 0 Å². The van der Waals surface area contributed by atoms with E-state index in [0.717, 1.165) is 0 Å². The van der Waals surface area contributed by atoms with Crippen LogP contribution in [0.25, 0.3) is 0 Å². The fourth-order valence-electron chi connectivity index (χ4n) is 0.741. The minimum Gasteiger partial charge on any atom is -0.355 e. The van der Waals surface area contributed by atoms with Crippen molar-refractivity contribution in [3.05, 3.63) is 0 Å². The number of carbonyl (C=O) groups is 1. The van der Waals surface area contributed by atoms with Crippen molar-refractivity contribution in [1.82, 2.24) is 5.32 Å². The van der Waals surface area contributed by atoms with Crippen LogP contribution < -0.4 is 11.1 Å². The summed E-state index contributed by atoms with van der Waals surface area (Å²) in [6, 6.07) is -0.305. The van der Waals surface area contributed by atoms with Crippen LogP contribution in [0.3, 0.4) is 0 Å². The first-order valence-electron chi connectivity index (χ1n) is 4.48. The van der Waals surface area contributed by atoms with E-state index in [1.165, 1.54) is 0 Å². The van der Waals surface area contributed by atoms with Gasteiger partial charge in [-0.15, -0.1) is 12.4 Å². The molecule has 98 valence electrons. The average Bonchev–Trinajstić information content (AvgIpc) is 2.09. The van der Waals surface area contributed by atoms with E-state index < -0.39 is 5.51 Å². The standard InChI is InChI=1S/C8H15F3N2OS.ClH/c1-5(6(2)12)7(14)13-3-4-15-8(9,10)11;/h5-6H,3-4,12H2,1-2H3,(H,13,14);1H. The van der Waals surface area contributed by atoms with Crippen LogP contribution in [0.1, 0.15) is 13.8 Å². The molecular weight excluding hydrogens is 265 g/mol. The Balaban J connectivity index is 0. The van der Waals surface area contributed by atoms with Crippen molar-refractivity contribution >= 4 is 30.1 Å². The molecule has 0 aliphatic rings. The van der Waals surface area contributed by atoms with Gasteiger partial charge in [0.15, 0.2) is 0 Å². The summed E-state index contributed by atoms with van der Waals surface area (Å²) < 4.78 is 35.1. The fourth-order valence-corrected chi connectivity index (χ4v) is 1.18. The molecule has 8 heteroatoms. The van der Waals surface area contributed by atoms with Gasteiger partial charge in [0, 0.05) is 24.3 Å². The van der Waals surface area contributed by atoms with Gasteiger partial charge in [-0.2, -0.15) is 13.2 Å². The van der Waals surface area contributed by atoms with Gasteiger partial charge in [-0.1, -0.05) is 6.92 Å². The number of halogens is 4. The number of alkyl halides is 3. The summed E-state index contributed by atoms with van der Waals surface area (Å²) in [4.78, 5) is 11.2. The van der Waals surface area contributed by atoms with Crippen molar-refractivity contribution in [2.45, 2.75) is 25.4 Å². The molecule has 0 aromatic carbocycles. The monoisotopic (exact) mass is 280 g/mol. The van der Waals surface area contributed by atoms with E-state index in [2.05, 4.69) is 5.32 Å². The second-order valence-corrected chi connectivity index (χ2v) is 4.39. The summed E-state index contributed by atoms with van der Waals surface area (Å²) in [6.07, 6.45) is 0. The van der Waals surface area contributed by atoms with Gasteiger partial charge in [-0.3, -0.25) is 4.79 Å². The van der Waals surface area contributed by atoms with Crippen molar-refractivity contribution in [3.8, 4) is 0 Å². The SMILES string of the molecule is CC(N)C(C)C(=O)NCCSC(F)(F)F.Cl. The zero-order valence-corrected chi connectivity index (χ0v) is 10.6. The summed E-state index contributed by atoms with van der Waals surface area (Å²) in [5.74, 6) is -0.880. The maximum Gasteiger partial charge on any atom is 0.441 e. The molecule has 0 aliphatic heterocycles. The van der Waals surface area contributed by atoms with Crippen LogP contribution in [0, 0.1) is 5.92 Å². The highest BCUT2D eigenvalue weighted by Crippen LogP contribution is 2.29. The van der Waals surface area contributed by atoms with E-state index in [4.69, 9.17) is 5.73 Å². The molecule has 0 spiro atoms. The lowest BCUT2D eigenvalue weighted by Crippen LogP contribution is -2.39. The number of carbonyl (C=O) groups excluding carboxylic acids is 1. The van der Waals surface area contributed by atoms with Crippen LogP contribution in [0.4, 0.5) is 13.2 Å². The number of nitrogens with two attached hydrogens (primary N) is 1. The zero-order chi connectivity index (χ0) is 12.1. The number of thioether (sulfide) groups is 1. The number of hydrogen-bond acceptors (Lipinski definition) is 3. The highest BCUT2D eigenvalue weighted by Gasteiger charge is 2.27. The van der Waals surface area contributed by atoms with E-state index in [1.807, 2.05) is 0 Å². The van der Waals surface area contributed by atoms with Crippen molar-refractivity contribution in [3.63, 3.8) is 0 Å². The van der Waals surface area contributed by atoms with Crippen LogP contribution in [0.15, 0.2) is 0 Å². The molecule has 16 heavy (non-hydrogen) atoms. The van der Waals surface area contributed by atoms with Crippen LogP contribution in [-0.2, 0) is 4.79 Å². The molecule has 3 nitrogen and oxygen atoms in total. The number of hydrogen-bond donors (Lipinski definition) is 2. The van der Waals surface area contributed by atoms with Crippen LogP contribution >= 0.6 is 24.2 Å². The third-order valence-electron chi connectivity index (χ3n) is 1.87. The second kappa shape index (κ2) is 8.03. The Morgan fingerprint density at radius 3 is 2.31 bits per heavy atom. The van der Waals surface area contributed by atoms with Gasteiger partial charge < -0.3 is 11.1 Å². The van der Waals surface area contributed by atoms with Gasteiger partial charge in [0.25, 0.3) is 0 Å². The molecule has 0 rings (SSSR count). The Bertz CT molecular complexity index is 214. The lowest BCUT2D eigenvalue weighted by Gasteiger charge is -2.15. The number of rotatable bonds is 5. The van der Waals surface area contributed by atoms with E-state index in [-0.39, 0.29) is 54.3 Å². The molecule has 0 bridgehead atoms. The molecule has 0 aliphatic carbocycles. The molecule has 0 saturated carbocycles. The smallest absolute Gasteiger partial charge is 0.355 e. The van der Waals surface area contributed by atoms with Crippen LogP contribution in [0.2, 0.25) is 0 Å². The zero-order valence-electron chi connectivity index (χ0n) is 9.00. The Labute approximate surface area is 103 Å². The fraction of sp³-hybridized carbons (Fsp3) is 0.875. The Hall–Kier alpha value is -0.140. The molecule has 0 radical (unpaired) electrons. The first kappa shape index (κ1) is 18.2. The highest BCUT2D eigenvalue weighted by molar-refractivity contribution is 8.00. The van der Waals surface area contributed by atoms with Gasteiger partial charge in [0.2, 0.25) is 5.91 Å². The first-order valence-corrected chi connectivity index (χ1v) is 5.46. The largest absolute Gasteiger partial charge is 0.441 e. The average molecular weight is 281 g/mol. The third kappa shape index (κ3) is 9.11. The molecule has 3 N–H and O–H groups in total. The van der Waals surface area contributed by atoms with Gasteiger partial charge >= 0.3 is 5.51 Å². The lowest BCUT2D eigenvalue weighted by molar-refractivity contribution is -0.124. The molecule has 0 heterocycles. The summed E-state index contributed by atoms with van der Waals surface area (Å²) in [5, 5.41) is 2.40. The van der Waals surface area contributed by atoms with Gasteiger partial charge in [-0.05, 0) is 18.7 Å². The van der Waals surface area contributed by atoms with E-state index in [0.29, 0.717) is 0 Å². The summed E-state index contributed by atoms with van der Waals surface area (Å²) >= 11 is -0.150. The van der Waals surface area contributed by atoms with Gasteiger partial charge in [-0.25, -0.2) is 0 Å². The van der Waals surface area contributed by atoms with Crippen LogP contribution in [-0.4, -0.2) is 29.8 Å². The maximum atomic E-state index is 11.7. The van der Waals surface area contributed by atoms with Gasteiger partial charge in [0.05, 0.1) is 0 Å². The van der Waals surface area contributed by atoms with Crippen molar-refractivity contribution in [2.75, 3.05) is 12.3 Å². The maximum absolute atomic E-state index is 11.7. The summed E-state index contributed by atoms with van der Waals surface area (Å²) in [7, 11) is 0. The van der Waals surface area contributed by atoms with E-state index in [9.17, 15) is 18.0 Å². The molecule has 2 unspecified atom stereocenters. The Kier molecular flexibility index (Phi) is 9.14. The predicted molar refractivity (Wildman–Crippen MR) is 61.6 cm³/mol. The first-order chi connectivity index (χ1) is 6.74. The molecule has 0 fully saturated rings. The molecule has 2 atom stereocenters. The quantitative estimate of drug-likeness (QED) is 0.755. The van der Waals surface area contributed by atoms with E-state index >= 15 is 0 Å².